The number of nitrogens with one attached hydrogen (secondary N) is 2. The van der Waals surface area contributed by atoms with E-state index in [4.69, 9.17) is 4.74 Å². The van der Waals surface area contributed by atoms with E-state index in [1.54, 1.807) is 12.2 Å². The summed E-state index contributed by atoms with van der Waals surface area (Å²) in [6, 6.07) is 14.9. The van der Waals surface area contributed by atoms with Crippen LogP contribution >= 0.6 is 15.9 Å². The van der Waals surface area contributed by atoms with Gasteiger partial charge in [0, 0.05) is 11.0 Å². The van der Waals surface area contributed by atoms with Crippen molar-refractivity contribution in [2.45, 2.75) is 6.42 Å². The molecule has 0 saturated heterocycles. The average molecular weight is 470 g/mol. The first-order chi connectivity index (χ1) is 14.4. The van der Waals surface area contributed by atoms with Crippen molar-refractivity contribution in [2.75, 3.05) is 27.2 Å². The zero-order chi connectivity index (χ0) is 21.5. The van der Waals surface area contributed by atoms with Crippen LogP contribution in [0.15, 0.2) is 62.6 Å². The number of aromatic nitrogens is 2. The van der Waals surface area contributed by atoms with E-state index in [0.717, 1.165) is 34.3 Å². The van der Waals surface area contributed by atoms with Gasteiger partial charge < -0.3 is 19.6 Å². The van der Waals surface area contributed by atoms with Crippen LogP contribution in [-0.2, 0) is 0 Å². The molecule has 0 spiro atoms. The van der Waals surface area contributed by atoms with Gasteiger partial charge in [-0.15, -0.1) is 0 Å². The Kier molecular flexibility index (Phi) is 7.43. The highest BCUT2D eigenvalue weighted by atomic mass is 79.9. The lowest BCUT2D eigenvalue weighted by molar-refractivity contribution is 0.281. The Labute approximate surface area is 182 Å². The summed E-state index contributed by atoms with van der Waals surface area (Å²) in [6.07, 6.45) is 4.22. The van der Waals surface area contributed by atoms with Gasteiger partial charge in [-0.25, -0.2) is 0 Å². The maximum Gasteiger partial charge on any atom is 0.272 e. The number of hydrogen-bond donors (Lipinski definition) is 2. The molecule has 2 aromatic carbocycles. The van der Waals surface area contributed by atoms with E-state index in [1.165, 1.54) is 0 Å². The first-order valence-electron chi connectivity index (χ1n) is 9.60. The van der Waals surface area contributed by atoms with Crippen LogP contribution in [0, 0.1) is 0 Å². The van der Waals surface area contributed by atoms with Gasteiger partial charge in [0.1, 0.15) is 16.4 Å². The van der Waals surface area contributed by atoms with Gasteiger partial charge in [-0.2, -0.15) is 0 Å². The number of ether oxygens (including phenoxy) is 1. The normalized spacial score (nSPS) is 12.5. The summed E-state index contributed by atoms with van der Waals surface area (Å²) in [7, 11) is 4.06. The topological polar surface area (TPSA) is 78.2 Å². The molecule has 3 aromatic rings. The lowest BCUT2D eigenvalue weighted by Crippen LogP contribution is -2.46. The van der Waals surface area contributed by atoms with Gasteiger partial charge in [0.15, 0.2) is 0 Å². The summed E-state index contributed by atoms with van der Waals surface area (Å²) in [6.45, 7) is 1.61. The highest BCUT2D eigenvalue weighted by Crippen LogP contribution is 2.15. The fourth-order valence-corrected chi connectivity index (χ4v) is 3.24. The molecule has 0 bridgehead atoms. The van der Waals surface area contributed by atoms with E-state index in [2.05, 4.69) is 30.8 Å². The second kappa shape index (κ2) is 10.2. The smallest absolute Gasteiger partial charge is 0.272 e. The zero-order valence-electron chi connectivity index (χ0n) is 16.9. The van der Waals surface area contributed by atoms with Crippen LogP contribution in [0.25, 0.3) is 12.2 Å². The fraction of sp³-hybridized carbons (Fsp3) is 0.217. The summed E-state index contributed by atoms with van der Waals surface area (Å²) in [5, 5.41) is 0.398. The van der Waals surface area contributed by atoms with E-state index in [1.807, 2.05) is 62.6 Å². The molecule has 0 aliphatic carbocycles. The highest BCUT2D eigenvalue weighted by Gasteiger charge is 2.00. The third-order valence-electron chi connectivity index (χ3n) is 4.40. The number of benzene rings is 2. The van der Waals surface area contributed by atoms with Crippen molar-refractivity contribution in [1.29, 1.82) is 0 Å². The quantitative estimate of drug-likeness (QED) is 0.517. The molecule has 1 heterocycles. The largest absolute Gasteiger partial charge is 0.494 e. The summed E-state index contributed by atoms with van der Waals surface area (Å²) >= 11 is 3.43. The Morgan fingerprint density at radius 2 is 1.57 bits per heavy atom. The number of H-pyrrole nitrogens is 2. The molecule has 0 fully saturated rings. The maximum atomic E-state index is 12.5. The third kappa shape index (κ3) is 6.05. The summed E-state index contributed by atoms with van der Waals surface area (Å²) in [4.78, 5) is 32.3. The lowest BCUT2D eigenvalue weighted by atomic mass is 10.2. The van der Waals surface area contributed by atoms with Gasteiger partial charge in [0.25, 0.3) is 11.1 Å². The minimum Gasteiger partial charge on any atom is -0.494 e. The van der Waals surface area contributed by atoms with Crippen LogP contribution in [0.1, 0.15) is 17.5 Å². The molecule has 0 amide bonds. The summed E-state index contributed by atoms with van der Waals surface area (Å²) in [5.41, 5.74) is 0.866. The molecule has 0 unspecified atom stereocenters. The molecular weight excluding hydrogens is 446 g/mol. The molecule has 0 aliphatic heterocycles. The van der Waals surface area contributed by atoms with Crippen molar-refractivity contribution in [3.63, 3.8) is 0 Å². The highest BCUT2D eigenvalue weighted by molar-refractivity contribution is 9.10. The molecule has 1 aromatic heterocycles. The maximum absolute atomic E-state index is 12.5. The predicted molar refractivity (Wildman–Crippen MR) is 123 cm³/mol. The summed E-state index contributed by atoms with van der Waals surface area (Å²) < 4.78 is 6.55. The van der Waals surface area contributed by atoms with Crippen molar-refractivity contribution >= 4 is 28.1 Å². The van der Waals surface area contributed by atoms with E-state index >= 15 is 0 Å². The average Bonchev–Trinajstić information content (AvgIpc) is 2.71. The van der Waals surface area contributed by atoms with Crippen LogP contribution < -0.4 is 26.6 Å². The number of aromatic amines is 2. The molecule has 0 saturated carbocycles. The summed E-state index contributed by atoms with van der Waals surface area (Å²) in [5.74, 6) is 0.770. The minimum absolute atomic E-state index is 0.198. The second-order valence-electron chi connectivity index (χ2n) is 7.12. The van der Waals surface area contributed by atoms with Crippen LogP contribution in [0.3, 0.4) is 0 Å². The zero-order valence-corrected chi connectivity index (χ0v) is 18.5. The molecule has 0 atom stereocenters. The van der Waals surface area contributed by atoms with Gasteiger partial charge >= 0.3 is 0 Å². The van der Waals surface area contributed by atoms with Gasteiger partial charge in [-0.1, -0.05) is 46.3 Å². The van der Waals surface area contributed by atoms with E-state index in [-0.39, 0.29) is 21.8 Å². The van der Waals surface area contributed by atoms with E-state index in [0.29, 0.717) is 6.61 Å². The minimum atomic E-state index is -0.364. The molecule has 3 rings (SSSR count). The lowest BCUT2D eigenvalue weighted by Gasteiger charge is -2.10. The van der Waals surface area contributed by atoms with Crippen molar-refractivity contribution in [3.8, 4) is 5.75 Å². The van der Waals surface area contributed by atoms with Crippen molar-refractivity contribution in [2.24, 2.45) is 0 Å². The molecule has 2 N–H and O–H groups in total. The molecule has 6 nitrogen and oxygen atoms in total. The predicted octanol–water partition coefficient (Wildman–Crippen LogP) is 1.81. The van der Waals surface area contributed by atoms with Crippen LogP contribution in [0.2, 0.25) is 0 Å². The van der Waals surface area contributed by atoms with Gasteiger partial charge in [0.05, 0.1) is 6.61 Å². The van der Waals surface area contributed by atoms with E-state index in [9.17, 15) is 9.59 Å². The first kappa shape index (κ1) is 21.8. The second-order valence-corrected chi connectivity index (χ2v) is 7.97. The molecule has 0 aliphatic rings. The van der Waals surface area contributed by atoms with Crippen LogP contribution in [0.5, 0.6) is 5.75 Å². The number of hydrogen-bond acceptors (Lipinski definition) is 4. The third-order valence-corrected chi connectivity index (χ3v) is 5.12. The number of nitrogens with zero attached hydrogens (tertiary/aromatic N) is 1. The monoisotopic (exact) mass is 469 g/mol. The van der Waals surface area contributed by atoms with Crippen molar-refractivity contribution in [1.82, 2.24) is 14.9 Å². The van der Waals surface area contributed by atoms with Crippen molar-refractivity contribution < 1.29 is 4.74 Å². The van der Waals surface area contributed by atoms with Gasteiger partial charge in [0.2, 0.25) is 0 Å². The molecule has 7 heteroatoms. The molecule has 30 heavy (non-hydrogen) atoms. The van der Waals surface area contributed by atoms with Crippen molar-refractivity contribution in [3.05, 3.63) is 95.5 Å². The van der Waals surface area contributed by atoms with Gasteiger partial charge in [-0.05, 0) is 62.0 Å². The number of rotatable bonds is 7. The number of halogens is 1. The van der Waals surface area contributed by atoms with Crippen LogP contribution in [-0.4, -0.2) is 42.1 Å². The fourth-order valence-electron chi connectivity index (χ4n) is 2.84. The molecule has 0 radical (unpaired) electrons. The Morgan fingerprint density at radius 1 is 0.933 bits per heavy atom. The molecular formula is C23H24BrN3O3. The standard InChI is InChI=1S/C23H24BrN3O3/c1-27(2)12-5-13-30-18-10-8-16(9-11-18)14-20-22(28)26-21(23(29)25-20)15-17-6-3-4-7-19(17)24/h3-4,6-11,14-15H,5,12-13H2,1-2H3,(H,25,29)(H,26,28). The first-order valence-corrected chi connectivity index (χ1v) is 10.4. The Balaban J connectivity index is 1.81. The van der Waals surface area contributed by atoms with Crippen LogP contribution in [0.4, 0.5) is 0 Å². The molecule has 156 valence electrons. The van der Waals surface area contributed by atoms with Gasteiger partial charge in [-0.3, -0.25) is 9.59 Å². The Morgan fingerprint density at radius 3 is 2.20 bits per heavy atom. The Bertz CT molecular complexity index is 1230. The Hall–Kier alpha value is -2.90. The van der Waals surface area contributed by atoms with E-state index < -0.39 is 0 Å². The SMILES string of the molecule is CN(C)CCCOc1ccc(C=c2[nH]c(=O)c(=Cc3ccccc3Br)[nH]c2=O)cc1.